The highest BCUT2D eigenvalue weighted by Gasteiger charge is 2.74. The summed E-state index contributed by atoms with van der Waals surface area (Å²) in [4.78, 5) is 58.9. The lowest BCUT2D eigenvalue weighted by Crippen LogP contribution is -2.58. The predicted octanol–water partition coefficient (Wildman–Crippen LogP) is 1.50. The van der Waals surface area contributed by atoms with E-state index < -0.39 is 66.1 Å². The summed E-state index contributed by atoms with van der Waals surface area (Å²) in [6.45, 7) is 1.45. The summed E-state index contributed by atoms with van der Waals surface area (Å²) in [5.74, 6) is -3.88. The average Bonchev–Trinajstić information content (AvgIpc) is 3.84. The van der Waals surface area contributed by atoms with Crippen LogP contribution < -0.4 is 5.32 Å². The Morgan fingerprint density at radius 2 is 1.83 bits per heavy atom. The number of rotatable bonds is 5. The molecule has 2 N–H and O–H groups in total. The Hall–Kier alpha value is -4.88. The molecule has 0 aliphatic carbocycles. The number of nitrogens with one attached hydrogen (secondary N) is 1. The Balaban J connectivity index is 1.29. The molecule has 2 saturated heterocycles. The number of allylic oxidation sites excluding steroid dienone is 1. The van der Waals surface area contributed by atoms with Gasteiger partial charge in [0.25, 0.3) is 5.91 Å². The van der Waals surface area contributed by atoms with Crippen molar-refractivity contribution in [3.05, 3.63) is 84.5 Å². The predicted molar refractivity (Wildman–Crippen MR) is 167 cm³/mol. The van der Waals surface area contributed by atoms with Crippen LogP contribution in [0, 0.1) is 11.8 Å². The number of carbonyl (C=O) groups excluding carboxylic acids is 4. The van der Waals surface area contributed by atoms with E-state index in [-0.39, 0.29) is 32.1 Å². The van der Waals surface area contributed by atoms with Crippen molar-refractivity contribution in [2.75, 3.05) is 19.7 Å². The van der Waals surface area contributed by atoms with Crippen LogP contribution in [-0.4, -0.2) is 97.1 Å². The Bertz CT molecular complexity index is 1760. The number of ether oxygens (including phenoxy) is 2. The molecular weight excluding hydrogens is 604 g/mol. The van der Waals surface area contributed by atoms with Crippen molar-refractivity contribution in [2.24, 2.45) is 11.8 Å². The van der Waals surface area contributed by atoms with Gasteiger partial charge < -0.3 is 29.7 Å². The maximum absolute atomic E-state index is 14.8. The van der Waals surface area contributed by atoms with Crippen molar-refractivity contribution < 1.29 is 33.8 Å². The van der Waals surface area contributed by atoms with Crippen molar-refractivity contribution in [1.29, 1.82) is 0 Å². The largest absolute Gasteiger partial charge is 0.455 e. The third-order valence-electron chi connectivity index (χ3n) is 9.54. The standard InChI is InChI=1S/C34H36N6O7/c1-21(19-41)40-30-32(44)38(20-39-24-13-8-7-12-23(24)36-37-39)17-9-3-6-14-27(42)35-18-26(22-10-4-2-5-11-22)46-33(45)28-25-15-16-34(30,47-25)29(28)31(40)43/h2-5,7-13,15-16,21,25-26,28-30,41H,6,14,17-20H2,1H3,(H,35,42)/b9-3-/t21-,25-,26-,28+,29+,30-,34+/m1/s1. The number of cyclic esters (lactones) is 1. The van der Waals surface area contributed by atoms with Gasteiger partial charge in [-0.25, -0.2) is 4.68 Å². The first-order valence-electron chi connectivity index (χ1n) is 15.9. The number of aromatic nitrogens is 3. The number of hydrogen-bond acceptors (Lipinski definition) is 9. The summed E-state index contributed by atoms with van der Waals surface area (Å²) in [5.41, 5.74) is 0.610. The van der Waals surface area contributed by atoms with E-state index in [9.17, 15) is 24.3 Å². The van der Waals surface area contributed by atoms with E-state index in [0.717, 1.165) is 5.52 Å². The zero-order valence-corrected chi connectivity index (χ0v) is 25.8. The van der Waals surface area contributed by atoms with Crippen LogP contribution in [0.5, 0.6) is 0 Å². The third kappa shape index (κ3) is 5.28. The van der Waals surface area contributed by atoms with Crippen molar-refractivity contribution in [1.82, 2.24) is 30.1 Å². The lowest BCUT2D eigenvalue weighted by atomic mass is 9.74. The number of hydrogen-bond donors (Lipinski definition) is 2. The van der Waals surface area contributed by atoms with Gasteiger partial charge in [0.15, 0.2) is 0 Å². The fourth-order valence-electron chi connectivity index (χ4n) is 7.24. The first-order chi connectivity index (χ1) is 22.8. The molecular formula is C34H36N6O7. The molecule has 3 aromatic rings. The van der Waals surface area contributed by atoms with Crippen molar-refractivity contribution in [2.45, 2.75) is 56.3 Å². The van der Waals surface area contributed by atoms with Crippen molar-refractivity contribution >= 4 is 34.7 Å². The molecule has 13 heteroatoms. The lowest BCUT2D eigenvalue weighted by molar-refractivity contribution is -0.160. The minimum Gasteiger partial charge on any atom is -0.455 e. The van der Waals surface area contributed by atoms with Crippen LogP contribution in [0.1, 0.15) is 31.4 Å². The van der Waals surface area contributed by atoms with E-state index in [1.807, 2.05) is 48.5 Å². The van der Waals surface area contributed by atoms with E-state index in [1.165, 1.54) is 4.90 Å². The molecule has 2 aromatic carbocycles. The second kappa shape index (κ2) is 12.4. The van der Waals surface area contributed by atoms with Gasteiger partial charge in [0.2, 0.25) is 11.8 Å². The maximum Gasteiger partial charge on any atom is 0.313 e. The van der Waals surface area contributed by atoms with Crippen molar-refractivity contribution in [3.63, 3.8) is 0 Å². The summed E-state index contributed by atoms with van der Waals surface area (Å²) in [6, 6.07) is 14.5. The summed E-state index contributed by atoms with van der Waals surface area (Å²) >= 11 is 0. The molecule has 4 aliphatic rings. The average molecular weight is 641 g/mol. The second-order valence-corrected chi connectivity index (χ2v) is 12.4. The highest BCUT2D eigenvalue weighted by atomic mass is 16.6. The third-order valence-corrected chi connectivity index (χ3v) is 9.54. The molecule has 5 heterocycles. The number of amides is 3. The zero-order valence-electron chi connectivity index (χ0n) is 25.8. The number of nitrogens with zero attached hydrogens (tertiary/aromatic N) is 5. The number of benzene rings is 2. The summed E-state index contributed by atoms with van der Waals surface area (Å²) in [7, 11) is 0. The molecule has 0 radical (unpaired) electrons. The molecule has 4 aliphatic heterocycles. The van der Waals surface area contributed by atoms with Gasteiger partial charge in [-0.1, -0.05) is 72.0 Å². The molecule has 244 valence electrons. The quantitative estimate of drug-likeness (QED) is 0.312. The first-order valence-corrected chi connectivity index (χ1v) is 15.9. The minimum absolute atomic E-state index is 0.00826. The molecule has 13 nitrogen and oxygen atoms in total. The Morgan fingerprint density at radius 1 is 1.04 bits per heavy atom. The molecule has 7 rings (SSSR count). The Morgan fingerprint density at radius 3 is 2.64 bits per heavy atom. The lowest BCUT2D eigenvalue weighted by Gasteiger charge is -2.37. The van der Waals surface area contributed by atoms with Gasteiger partial charge in [-0.3, -0.25) is 19.2 Å². The normalized spacial score (nSPS) is 30.8. The second-order valence-electron chi connectivity index (χ2n) is 12.4. The number of likely N-dealkylation sites (tertiary alicyclic amines) is 1. The van der Waals surface area contributed by atoms with Gasteiger partial charge >= 0.3 is 5.97 Å². The number of esters is 1. The SMILES string of the molecule is C[C@H](CO)N1C(=O)[C@@H]2[C@H]3C(=O)O[C@@H](c4ccccc4)CNC(=O)CC/C=C\CN(Cn4nnc5ccccc54)C(=O)[C@@H]1[C@]21C=C[C@H]3O1. The molecule has 5 bridgehead atoms. The van der Waals surface area contributed by atoms with E-state index >= 15 is 0 Å². The van der Waals surface area contributed by atoms with Crippen LogP contribution in [-0.2, 0) is 35.3 Å². The number of para-hydroxylation sites is 1. The molecule has 0 saturated carbocycles. The topological polar surface area (TPSA) is 156 Å². The molecule has 0 unspecified atom stereocenters. The van der Waals surface area contributed by atoms with Gasteiger partial charge in [0.1, 0.15) is 35.9 Å². The van der Waals surface area contributed by atoms with Crippen LogP contribution >= 0.6 is 0 Å². The number of fused-ring (bicyclic) bond motifs is 3. The van der Waals surface area contributed by atoms with Gasteiger partial charge in [0, 0.05) is 13.0 Å². The molecule has 47 heavy (non-hydrogen) atoms. The highest BCUT2D eigenvalue weighted by molar-refractivity contribution is 5.99. The van der Waals surface area contributed by atoms with Gasteiger partial charge in [-0.05, 0) is 31.0 Å². The Kier molecular flexibility index (Phi) is 8.10. The van der Waals surface area contributed by atoms with Gasteiger partial charge in [0.05, 0.1) is 36.7 Å². The minimum atomic E-state index is -1.46. The van der Waals surface area contributed by atoms with Crippen LogP contribution in [0.15, 0.2) is 78.9 Å². The molecule has 7 atom stereocenters. The van der Waals surface area contributed by atoms with E-state index in [0.29, 0.717) is 17.5 Å². The van der Waals surface area contributed by atoms with Crippen LogP contribution in [0.25, 0.3) is 11.0 Å². The monoisotopic (exact) mass is 640 g/mol. The summed E-state index contributed by atoms with van der Waals surface area (Å²) in [6.07, 6.45) is 6.06. The van der Waals surface area contributed by atoms with Crippen LogP contribution in [0.3, 0.4) is 0 Å². The Labute approximate surface area is 270 Å². The molecule has 2 fully saturated rings. The number of aliphatic hydroxyl groups excluding tert-OH is 1. The number of aliphatic hydroxyl groups is 1. The first kappa shape index (κ1) is 30.8. The summed E-state index contributed by atoms with van der Waals surface area (Å²) < 4.78 is 14.1. The summed E-state index contributed by atoms with van der Waals surface area (Å²) in [5, 5.41) is 21.6. The maximum atomic E-state index is 14.8. The zero-order chi connectivity index (χ0) is 32.7. The molecule has 3 amide bonds. The number of carbonyl (C=O) groups is 4. The van der Waals surface area contributed by atoms with Gasteiger partial charge in [-0.2, -0.15) is 0 Å². The molecule has 1 aromatic heterocycles. The van der Waals surface area contributed by atoms with E-state index in [2.05, 4.69) is 15.6 Å². The van der Waals surface area contributed by atoms with E-state index in [1.54, 1.807) is 46.9 Å². The highest BCUT2D eigenvalue weighted by Crippen LogP contribution is 2.56. The fraction of sp³-hybridized carbons (Fsp3) is 0.412. The fourth-order valence-corrected chi connectivity index (χ4v) is 7.24. The molecule has 1 spiro atoms. The van der Waals surface area contributed by atoms with Crippen LogP contribution in [0.4, 0.5) is 0 Å². The van der Waals surface area contributed by atoms with Gasteiger partial charge in [-0.15, -0.1) is 5.10 Å². The van der Waals surface area contributed by atoms with Crippen molar-refractivity contribution in [3.8, 4) is 0 Å². The smallest absolute Gasteiger partial charge is 0.313 e. The van der Waals surface area contributed by atoms with Crippen LogP contribution in [0.2, 0.25) is 0 Å². The van der Waals surface area contributed by atoms with E-state index in [4.69, 9.17) is 9.47 Å².